The van der Waals surface area contributed by atoms with Crippen molar-refractivity contribution in [3.05, 3.63) is 48.0 Å². The summed E-state index contributed by atoms with van der Waals surface area (Å²) in [5.41, 5.74) is 0.826. The lowest BCUT2D eigenvalue weighted by molar-refractivity contribution is -0.153. The third-order valence-electron chi connectivity index (χ3n) is 2.68. The smallest absolute Gasteiger partial charge is 0.374 e. The lowest BCUT2D eigenvalue weighted by Crippen LogP contribution is -2.19. The first-order chi connectivity index (χ1) is 8.70. The highest BCUT2D eigenvalue weighted by molar-refractivity contribution is 6.34. The van der Waals surface area contributed by atoms with E-state index >= 15 is 0 Å². The van der Waals surface area contributed by atoms with Crippen molar-refractivity contribution in [1.29, 1.82) is 0 Å². The molecule has 2 rings (SSSR count). The third kappa shape index (κ3) is 2.74. The summed E-state index contributed by atoms with van der Waals surface area (Å²) in [5, 5.41) is 2.18. The highest BCUT2D eigenvalue weighted by atomic mass is 16.5. The number of esters is 1. The standard InChI is InChI=1S/C15H14O3/c1-2-18-15(17)14(16)10-11-7-8-12-5-3-4-6-13(12)9-11/h3-9H,2,10H2,1H3. The Morgan fingerprint density at radius 3 is 2.50 bits per heavy atom. The molecule has 0 aliphatic carbocycles. The molecule has 0 unspecified atom stereocenters. The summed E-state index contributed by atoms with van der Waals surface area (Å²) < 4.78 is 4.67. The van der Waals surface area contributed by atoms with Crippen LogP contribution in [0, 0.1) is 0 Å². The van der Waals surface area contributed by atoms with E-state index in [1.807, 2.05) is 42.5 Å². The average Bonchev–Trinajstić information content (AvgIpc) is 2.39. The molecule has 0 heterocycles. The van der Waals surface area contributed by atoms with E-state index in [1.165, 1.54) is 0 Å². The number of hydrogen-bond acceptors (Lipinski definition) is 3. The molecule has 0 aliphatic heterocycles. The molecule has 0 radical (unpaired) electrons. The van der Waals surface area contributed by atoms with Crippen LogP contribution in [0.4, 0.5) is 0 Å². The summed E-state index contributed by atoms with van der Waals surface area (Å²) in [7, 11) is 0. The van der Waals surface area contributed by atoms with Gasteiger partial charge in [-0.2, -0.15) is 0 Å². The summed E-state index contributed by atoms with van der Waals surface area (Å²) in [6.07, 6.45) is 0.0870. The van der Waals surface area contributed by atoms with Crippen molar-refractivity contribution >= 4 is 22.5 Å². The van der Waals surface area contributed by atoms with Crippen LogP contribution in [-0.2, 0) is 20.7 Å². The number of fused-ring (bicyclic) bond motifs is 1. The van der Waals surface area contributed by atoms with Crippen molar-refractivity contribution in [2.24, 2.45) is 0 Å². The monoisotopic (exact) mass is 242 g/mol. The Bertz CT molecular complexity index is 587. The molecule has 0 aromatic heterocycles. The molecule has 0 bridgehead atoms. The first kappa shape index (κ1) is 12.3. The van der Waals surface area contributed by atoms with E-state index in [-0.39, 0.29) is 13.0 Å². The maximum Gasteiger partial charge on any atom is 0.374 e. The van der Waals surface area contributed by atoms with Gasteiger partial charge in [-0.1, -0.05) is 42.5 Å². The largest absolute Gasteiger partial charge is 0.460 e. The van der Waals surface area contributed by atoms with E-state index in [4.69, 9.17) is 0 Å². The SMILES string of the molecule is CCOC(=O)C(=O)Cc1ccc2ccccc2c1. The number of carbonyl (C=O) groups is 2. The minimum atomic E-state index is -0.759. The fourth-order valence-corrected chi connectivity index (χ4v) is 1.82. The van der Waals surface area contributed by atoms with Gasteiger partial charge in [-0.3, -0.25) is 4.79 Å². The minimum absolute atomic E-state index is 0.0870. The van der Waals surface area contributed by atoms with Crippen LogP contribution in [0.3, 0.4) is 0 Å². The zero-order valence-electron chi connectivity index (χ0n) is 10.2. The molecule has 0 saturated carbocycles. The molecule has 0 atom stereocenters. The van der Waals surface area contributed by atoms with E-state index in [1.54, 1.807) is 6.92 Å². The Balaban J connectivity index is 2.17. The molecule has 18 heavy (non-hydrogen) atoms. The molecule has 0 fully saturated rings. The van der Waals surface area contributed by atoms with Crippen molar-refractivity contribution in [2.75, 3.05) is 6.61 Å². The van der Waals surface area contributed by atoms with Gasteiger partial charge in [-0.05, 0) is 23.3 Å². The number of rotatable bonds is 4. The Kier molecular flexibility index (Phi) is 3.72. The molecule has 0 spiro atoms. The number of benzene rings is 2. The second-order valence-corrected chi connectivity index (χ2v) is 4.00. The van der Waals surface area contributed by atoms with Gasteiger partial charge in [-0.15, -0.1) is 0 Å². The molecular weight excluding hydrogens is 228 g/mol. The van der Waals surface area contributed by atoms with Crippen molar-refractivity contribution in [3.63, 3.8) is 0 Å². The normalized spacial score (nSPS) is 10.3. The van der Waals surface area contributed by atoms with Gasteiger partial charge < -0.3 is 4.74 Å². The first-order valence-corrected chi connectivity index (χ1v) is 5.88. The molecule has 3 heteroatoms. The second kappa shape index (κ2) is 5.45. The summed E-state index contributed by atoms with van der Waals surface area (Å²) in [4.78, 5) is 22.8. The maximum absolute atomic E-state index is 11.6. The highest BCUT2D eigenvalue weighted by Crippen LogP contribution is 2.16. The zero-order valence-corrected chi connectivity index (χ0v) is 10.2. The van der Waals surface area contributed by atoms with Crippen LogP contribution in [0.15, 0.2) is 42.5 Å². The molecule has 0 N–H and O–H groups in total. The summed E-state index contributed by atoms with van der Waals surface area (Å²) in [6, 6.07) is 13.6. The average molecular weight is 242 g/mol. The summed E-state index contributed by atoms with van der Waals surface area (Å²) >= 11 is 0. The number of ether oxygens (including phenoxy) is 1. The molecule has 0 aliphatic rings. The highest BCUT2D eigenvalue weighted by Gasteiger charge is 2.15. The van der Waals surface area contributed by atoms with Crippen molar-refractivity contribution in [2.45, 2.75) is 13.3 Å². The topological polar surface area (TPSA) is 43.4 Å². The molecule has 3 nitrogen and oxygen atoms in total. The summed E-state index contributed by atoms with van der Waals surface area (Å²) in [6.45, 7) is 1.91. The number of carbonyl (C=O) groups excluding carboxylic acids is 2. The lowest BCUT2D eigenvalue weighted by atomic mass is 10.0. The Morgan fingerprint density at radius 1 is 1.06 bits per heavy atom. The van der Waals surface area contributed by atoms with Gasteiger partial charge in [0.15, 0.2) is 0 Å². The lowest BCUT2D eigenvalue weighted by Gasteiger charge is -2.03. The third-order valence-corrected chi connectivity index (χ3v) is 2.68. The quantitative estimate of drug-likeness (QED) is 0.611. The van der Waals surface area contributed by atoms with Gasteiger partial charge in [-0.25, -0.2) is 4.79 Å². The van der Waals surface area contributed by atoms with E-state index in [0.29, 0.717) is 0 Å². The number of hydrogen-bond donors (Lipinski definition) is 0. The van der Waals surface area contributed by atoms with E-state index in [2.05, 4.69) is 4.74 Å². The van der Waals surface area contributed by atoms with Gasteiger partial charge in [0.05, 0.1) is 6.61 Å². The molecule has 92 valence electrons. The predicted molar refractivity (Wildman–Crippen MR) is 69.3 cm³/mol. The Hall–Kier alpha value is -2.16. The van der Waals surface area contributed by atoms with Crippen LogP contribution in [-0.4, -0.2) is 18.4 Å². The fourth-order valence-electron chi connectivity index (χ4n) is 1.82. The van der Waals surface area contributed by atoms with Gasteiger partial charge in [0.1, 0.15) is 0 Å². The van der Waals surface area contributed by atoms with Crippen LogP contribution in [0.25, 0.3) is 10.8 Å². The molecular formula is C15H14O3. The van der Waals surface area contributed by atoms with Gasteiger partial charge >= 0.3 is 5.97 Å². The zero-order chi connectivity index (χ0) is 13.0. The van der Waals surface area contributed by atoms with Gasteiger partial charge in [0.2, 0.25) is 5.78 Å². The van der Waals surface area contributed by atoms with Crippen LogP contribution in [0.5, 0.6) is 0 Å². The Morgan fingerprint density at radius 2 is 1.78 bits per heavy atom. The van der Waals surface area contributed by atoms with Crippen LogP contribution in [0.1, 0.15) is 12.5 Å². The van der Waals surface area contributed by atoms with E-state index in [9.17, 15) is 9.59 Å². The van der Waals surface area contributed by atoms with E-state index in [0.717, 1.165) is 16.3 Å². The van der Waals surface area contributed by atoms with Crippen LogP contribution < -0.4 is 0 Å². The Labute approximate surface area is 105 Å². The number of ketones is 1. The maximum atomic E-state index is 11.6. The molecule has 2 aromatic carbocycles. The van der Waals surface area contributed by atoms with Crippen LogP contribution >= 0.6 is 0 Å². The van der Waals surface area contributed by atoms with Gasteiger partial charge in [0.25, 0.3) is 0 Å². The van der Waals surface area contributed by atoms with Crippen molar-refractivity contribution in [1.82, 2.24) is 0 Å². The molecule has 2 aromatic rings. The molecule has 0 amide bonds. The minimum Gasteiger partial charge on any atom is -0.460 e. The van der Waals surface area contributed by atoms with Crippen molar-refractivity contribution in [3.8, 4) is 0 Å². The molecule has 0 saturated heterocycles. The summed E-state index contributed by atoms with van der Waals surface area (Å²) in [5.74, 6) is -1.27. The van der Waals surface area contributed by atoms with E-state index < -0.39 is 11.8 Å². The number of Topliss-reactive ketones (excluding diaryl/α,β-unsaturated/α-hetero) is 1. The van der Waals surface area contributed by atoms with Gasteiger partial charge in [0, 0.05) is 6.42 Å². The fraction of sp³-hybridized carbons (Fsp3) is 0.200. The first-order valence-electron chi connectivity index (χ1n) is 5.88. The van der Waals surface area contributed by atoms with Crippen molar-refractivity contribution < 1.29 is 14.3 Å². The van der Waals surface area contributed by atoms with Crippen LogP contribution in [0.2, 0.25) is 0 Å². The second-order valence-electron chi connectivity index (χ2n) is 4.00. The predicted octanol–water partition coefficient (Wildman–Crippen LogP) is 2.51.